The standard InChI is InChI=1S/C34H24Cl2F3N3O5S2/c35-20-9-8-15(11-21(20)36)40-23(43)13-47-22-7-2-1-6-17(22)24-25-18-12-19(28(25)48-30-29(24)49-33(46)41-30)27-26(18)31(44)42(32(27)45)16-5-3-4-14(10-16)34(37,38)39/h1-11,18-19,24-28H,12-13H2,(H,40,43)(H,41,46)/t18-,19-,24+,25-,26+,27+,28-/m1/s1. The number of thioether (sulfide) groups is 1. The van der Waals surface area contributed by atoms with Gasteiger partial charge in [-0.2, -0.15) is 13.2 Å². The number of amides is 3. The van der Waals surface area contributed by atoms with Crippen molar-refractivity contribution in [1.29, 1.82) is 0 Å². The maximum atomic E-state index is 14.0. The number of thiazole rings is 1. The number of carbonyl (C=O) groups is 3. The van der Waals surface area contributed by atoms with E-state index in [4.69, 9.17) is 27.9 Å². The Hall–Kier alpha value is -3.78. The number of alkyl halides is 3. The van der Waals surface area contributed by atoms with E-state index in [0.717, 1.165) is 38.8 Å². The first-order valence-electron chi connectivity index (χ1n) is 15.3. The summed E-state index contributed by atoms with van der Waals surface area (Å²) in [6.45, 7) is -0.335. The fourth-order valence-electron chi connectivity index (χ4n) is 8.22. The highest BCUT2D eigenvalue weighted by Crippen LogP contribution is 2.69. The predicted molar refractivity (Wildman–Crippen MR) is 179 cm³/mol. The van der Waals surface area contributed by atoms with Gasteiger partial charge in [0.05, 0.1) is 38.2 Å². The van der Waals surface area contributed by atoms with Crippen molar-refractivity contribution in [3.63, 3.8) is 0 Å². The van der Waals surface area contributed by atoms with E-state index < -0.39 is 47.2 Å². The van der Waals surface area contributed by atoms with Gasteiger partial charge in [0.2, 0.25) is 11.8 Å². The van der Waals surface area contributed by atoms with E-state index >= 15 is 0 Å². The van der Waals surface area contributed by atoms with Crippen molar-refractivity contribution in [2.24, 2.45) is 29.6 Å². The summed E-state index contributed by atoms with van der Waals surface area (Å²) in [4.78, 5) is 57.9. The predicted octanol–water partition coefficient (Wildman–Crippen LogP) is 7.46. The smallest absolute Gasteiger partial charge is 0.416 e. The van der Waals surface area contributed by atoms with Gasteiger partial charge in [-0.05, 0) is 66.6 Å². The molecule has 2 N–H and O–H groups in total. The minimum Gasteiger partial charge on any atom is -0.483 e. The molecule has 1 saturated heterocycles. The molecule has 0 unspecified atom stereocenters. The number of hydrogen-bond donors (Lipinski definition) is 2. The monoisotopic (exact) mass is 745 g/mol. The van der Waals surface area contributed by atoms with Gasteiger partial charge < -0.3 is 15.0 Å². The zero-order valence-corrected chi connectivity index (χ0v) is 28.1. The Balaban J connectivity index is 1.11. The number of ether oxygens (including phenoxy) is 1. The van der Waals surface area contributed by atoms with E-state index in [1.165, 1.54) is 30.0 Å². The number of para-hydroxylation sites is 1. The topological polar surface area (TPSA) is 109 Å². The van der Waals surface area contributed by atoms with Gasteiger partial charge in [-0.15, -0.1) is 11.8 Å². The van der Waals surface area contributed by atoms with Gasteiger partial charge in [0.15, 0.2) is 6.61 Å². The number of hydrogen-bond acceptors (Lipinski definition) is 7. The van der Waals surface area contributed by atoms with E-state index in [9.17, 15) is 32.3 Å². The van der Waals surface area contributed by atoms with Gasteiger partial charge in [0.1, 0.15) is 5.75 Å². The summed E-state index contributed by atoms with van der Waals surface area (Å²) >= 11 is 14.6. The molecular formula is C34H24Cl2F3N3O5S2. The van der Waals surface area contributed by atoms with Gasteiger partial charge in [-0.1, -0.05) is 58.8 Å². The lowest BCUT2D eigenvalue weighted by atomic mass is 9.68. The lowest BCUT2D eigenvalue weighted by Gasteiger charge is -2.43. The number of fused-ring (bicyclic) bond motifs is 9. The zero-order chi connectivity index (χ0) is 34.4. The van der Waals surface area contributed by atoms with Crippen LogP contribution in [0.2, 0.25) is 10.0 Å². The van der Waals surface area contributed by atoms with E-state index in [2.05, 4.69) is 10.3 Å². The molecule has 1 aromatic heterocycles. The summed E-state index contributed by atoms with van der Waals surface area (Å²) in [5, 5.41) is 3.89. The van der Waals surface area contributed by atoms with Gasteiger partial charge >= 0.3 is 11.0 Å². The molecule has 2 bridgehead atoms. The Morgan fingerprint density at radius 2 is 1.71 bits per heavy atom. The van der Waals surface area contributed by atoms with E-state index in [-0.39, 0.29) is 45.2 Å². The third-order valence-electron chi connectivity index (χ3n) is 9.97. The van der Waals surface area contributed by atoms with Crippen LogP contribution in [0.5, 0.6) is 5.75 Å². The maximum Gasteiger partial charge on any atom is 0.416 e. The van der Waals surface area contributed by atoms with E-state index in [1.54, 1.807) is 24.3 Å². The van der Waals surface area contributed by atoms with Crippen molar-refractivity contribution in [3.8, 4) is 5.75 Å². The molecule has 49 heavy (non-hydrogen) atoms. The van der Waals surface area contributed by atoms with Crippen LogP contribution in [-0.2, 0) is 20.6 Å². The van der Waals surface area contributed by atoms with Crippen molar-refractivity contribution in [3.05, 3.63) is 102 Å². The number of aromatic nitrogens is 1. The Morgan fingerprint density at radius 1 is 0.959 bits per heavy atom. The molecule has 0 radical (unpaired) electrons. The summed E-state index contributed by atoms with van der Waals surface area (Å²) in [5.41, 5.74) is 0.140. The molecule has 2 aliphatic heterocycles. The molecule has 3 amide bonds. The van der Waals surface area contributed by atoms with Crippen molar-refractivity contribution >= 4 is 75.4 Å². The number of nitrogens with one attached hydrogen (secondary N) is 2. The molecule has 8 rings (SSSR count). The number of aromatic amines is 1. The minimum atomic E-state index is -4.64. The Bertz CT molecular complexity index is 2110. The van der Waals surface area contributed by atoms with Crippen LogP contribution >= 0.6 is 46.3 Å². The van der Waals surface area contributed by atoms with Gasteiger partial charge in [0.25, 0.3) is 5.91 Å². The zero-order valence-electron chi connectivity index (χ0n) is 25.0. The number of anilines is 2. The van der Waals surface area contributed by atoms with Crippen LogP contribution in [0.15, 0.2) is 76.6 Å². The second kappa shape index (κ2) is 11.9. The van der Waals surface area contributed by atoms with Crippen LogP contribution in [0.25, 0.3) is 0 Å². The Morgan fingerprint density at radius 3 is 2.47 bits per heavy atom. The van der Waals surface area contributed by atoms with Crippen LogP contribution < -0.4 is 19.8 Å². The van der Waals surface area contributed by atoms with Gasteiger partial charge in [0, 0.05) is 27.3 Å². The SMILES string of the molecule is O=C(COc1ccccc1[C@@H]1c2sc(=O)[nH]c2S[C@@H]2[C@@H]3C[C@@H]([C@@H]4C(=O)N(c5cccc(C(F)(F)F)c5)C(=O)[C@@H]34)[C@H]12)Nc1ccc(Cl)c(Cl)c1. The van der Waals surface area contributed by atoms with Crippen LogP contribution in [0.4, 0.5) is 24.5 Å². The summed E-state index contributed by atoms with van der Waals surface area (Å²) in [6, 6.07) is 16.2. The maximum absolute atomic E-state index is 14.0. The highest BCUT2D eigenvalue weighted by atomic mass is 35.5. The summed E-state index contributed by atoms with van der Waals surface area (Å²) in [5.74, 6) is -3.49. The lowest BCUT2D eigenvalue weighted by Crippen LogP contribution is -2.42. The highest BCUT2D eigenvalue weighted by molar-refractivity contribution is 8.00. The number of H-pyrrole nitrogens is 1. The van der Waals surface area contributed by atoms with E-state index in [0.29, 0.717) is 27.9 Å². The fourth-order valence-corrected chi connectivity index (χ4v) is 11.4. The number of benzene rings is 3. The molecule has 2 aliphatic carbocycles. The highest BCUT2D eigenvalue weighted by Gasteiger charge is 2.70. The third-order valence-corrected chi connectivity index (χ3v) is 13.3. The second-order valence-electron chi connectivity index (χ2n) is 12.5. The fraction of sp³-hybridized carbons (Fsp3) is 0.294. The average molecular weight is 747 g/mol. The first kappa shape index (κ1) is 32.4. The largest absolute Gasteiger partial charge is 0.483 e. The molecule has 0 spiro atoms. The van der Waals surface area contributed by atoms with E-state index in [1.807, 2.05) is 12.1 Å². The molecule has 3 heterocycles. The van der Waals surface area contributed by atoms with Crippen LogP contribution in [-0.4, -0.2) is 34.6 Å². The van der Waals surface area contributed by atoms with Crippen molar-refractivity contribution < 1.29 is 32.3 Å². The summed E-state index contributed by atoms with van der Waals surface area (Å²) in [7, 11) is 0. The molecule has 7 atom stereocenters. The summed E-state index contributed by atoms with van der Waals surface area (Å²) < 4.78 is 46.7. The van der Waals surface area contributed by atoms with Crippen LogP contribution in [0.3, 0.4) is 0 Å². The van der Waals surface area contributed by atoms with Crippen molar-refractivity contribution in [1.82, 2.24) is 4.98 Å². The molecule has 4 aliphatic rings. The van der Waals surface area contributed by atoms with Crippen LogP contribution in [0.1, 0.15) is 28.3 Å². The summed E-state index contributed by atoms with van der Waals surface area (Å²) in [6.07, 6.45) is -4.04. The molecule has 2 saturated carbocycles. The lowest BCUT2D eigenvalue weighted by molar-refractivity contribution is -0.137. The number of carbonyl (C=O) groups excluding carboxylic acids is 3. The molecule has 15 heteroatoms. The number of rotatable bonds is 6. The average Bonchev–Trinajstić information content (AvgIpc) is 3.80. The first-order valence-corrected chi connectivity index (χ1v) is 17.8. The minimum absolute atomic E-state index is 0.0906. The molecule has 4 aromatic rings. The quantitative estimate of drug-likeness (QED) is 0.199. The molecule has 252 valence electrons. The second-order valence-corrected chi connectivity index (χ2v) is 15.5. The van der Waals surface area contributed by atoms with Crippen molar-refractivity contribution in [2.75, 3.05) is 16.8 Å². The molecule has 3 fully saturated rings. The molecule has 8 nitrogen and oxygen atoms in total. The normalized spacial score (nSPS) is 26.8. The Labute approximate surface area is 294 Å². The number of imide groups is 1. The number of halogens is 5. The molecular weight excluding hydrogens is 722 g/mol. The number of nitrogens with zero attached hydrogens (tertiary/aromatic N) is 1. The Kier molecular flexibility index (Phi) is 7.89. The van der Waals surface area contributed by atoms with Gasteiger partial charge in [-0.25, -0.2) is 0 Å². The third kappa shape index (κ3) is 5.36. The van der Waals surface area contributed by atoms with Gasteiger partial charge in [-0.3, -0.25) is 24.1 Å². The first-order chi connectivity index (χ1) is 23.4. The molecule has 3 aromatic carbocycles. The van der Waals surface area contributed by atoms with Crippen molar-refractivity contribution in [2.45, 2.75) is 28.8 Å². The van der Waals surface area contributed by atoms with Crippen LogP contribution in [0, 0.1) is 29.6 Å².